The van der Waals surface area contributed by atoms with Gasteiger partial charge in [-0.3, -0.25) is 0 Å². The van der Waals surface area contributed by atoms with E-state index in [0.717, 1.165) is 0 Å². The first-order valence-electron chi connectivity index (χ1n) is 3.86. The van der Waals surface area contributed by atoms with E-state index >= 15 is 0 Å². The molecule has 0 amide bonds. The molecule has 66 valence electrons. The van der Waals surface area contributed by atoms with Crippen molar-refractivity contribution in [2.24, 2.45) is 0 Å². The molecule has 0 aliphatic rings. The Morgan fingerprint density at radius 2 is 1.73 bits per heavy atom. The summed E-state index contributed by atoms with van der Waals surface area (Å²) in [7, 11) is 1.57. The van der Waals surface area contributed by atoms with E-state index in [1.54, 1.807) is 14.0 Å². The minimum absolute atomic E-state index is 0.310. The molecule has 0 aliphatic carbocycles. The number of halogens is 1. The Kier molecular flexibility index (Phi) is 8.57. The summed E-state index contributed by atoms with van der Waals surface area (Å²) in [6.45, 7) is 7.12. The number of nitriles is 1. The van der Waals surface area contributed by atoms with E-state index in [0.29, 0.717) is 0 Å². The van der Waals surface area contributed by atoms with E-state index < -0.39 is 6.17 Å². The Balaban J connectivity index is 0. The van der Waals surface area contributed by atoms with E-state index in [4.69, 9.17) is 5.26 Å². The Morgan fingerprint density at radius 3 is 1.82 bits per heavy atom. The minimum atomic E-state index is -0.949. The van der Waals surface area contributed by atoms with Crippen molar-refractivity contribution >= 4 is 0 Å². The third kappa shape index (κ3) is 5.65. The standard InChI is InChI=1S/C6H11FN2.C2H6/c1-5(7)6(2)9(3)4-8;1-2/h5-6H,1-3H3;1-2H3. The van der Waals surface area contributed by atoms with E-state index in [1.165, 1.54) is 11.8 Å². The Labute approximate surface area is 68.6 Å². The average Bonchev–Trinajstić information content (AvgIpc) is 2.05. The molecule has 0 aromatic rings. The summed E-state index contributed by atoms with van der Waals surface area (Å²) in [4.78, 5) is 1.30. The zero-order chi connectivity index (χ0) is 9.44. The molecule has 2 nitrogen and oxygen atoms in total. The van der Waals surface area contributed by atoms with Crippen LogP contribution in [0.5, 0.6) is 0 Å². The molecule has 0 saturated heterocycles. The second kappa shape index (κ2) is 7.33. The molecule has 0 rings (SSSR count). The summed E-state index contributed by atoms with van der Waals surface area (Å²) < 4.78 is 12.3. The highest BCUT2D eigenvalue weighted by molar-refractivity contribution is 4.78. The van der Waals surface area contributed by atoms with Crippen molar-refractivity contribution < 1.29 is 4.39 Å². The fourth-order valence-corrected chi connectivity index (χ4v) is 0.399. The smallest absolute Gasteiger partial charge is 0.179 e. The van der Waals surface area contributed by atoms with Crippen molar-refractivity contribution in [2.75, 3.05) is 7.05 Å². The molecule has 11 heavy (non-hydrogen) atoms. The molecule has 0 heterocycles. The number of nitrogens with zero attached hydrogens (tertiary/aromatic N) is 2. The molecule has 0 saturated carbocycles. The van der Waals surface area contributed by atoms with Gasteiger partial charge in [-0.15, -0.1) is 0 Å². The first-order valence-corrected chi connectivity index (χ1v) is 3.86. The number of hydrogen-bond donors (Lipinski definition) is 0. The van der Waals surface area contributed by atoms with Crippen LogP contribution in [-0.4, -0.2) is 24.2 Å². The first-order chi connectivity index (χ1) is 5.09. The molecular weight excluding hydrogens is 143 g/mol. The molecule has 0 radical (unpaired) electrons. The van der Waals surface area contributed by atoms with E-state index in [2.05, 4.69) is 0 Å². The van der Waals surface area contributed by atoms with Gasteiger partial charge in [-0.25, -0.2) is 4.39 Å². The highest BCUT2D eigenvalue weighted by Crippen LogP contribution is 2.02. The maximum Gasteiger partial charge on any atom is 0.179 e. The summed E-state index contributed by atoms with van der Waals surface area (Å²) in [6, 6.07) is -0.310. The van der Waals surface area contributed by atoms with Gasteiger partial charge in [-0.05, 0) is 13.8 Å². The second-order valence-electron chi connectivity index (χ2n) is 2.13. The topological polar surface area (TPSA) is 27.0 Å². The summed E-state index contributed by atoms with van der Waals surface area (Å²) in [5, 5.41) is 8.26. The number of rotatable bonds is 2. The van der Waals surface area contributed by atoms with Gasteiger partial charge in [-0.1, -0.05) is 13.8 Å². The monoisotopic (exact) mass is 160 g/mol. The highest BCUT2D eigenvalue weighted by atomic mass is 19.1. The fraction of sp³-hybridized carbons (Fsp3) is 0.875. The van der Waals surface area contributed by atoms with Gasteiger partial charge in [0, 0.05) is 7.05 Å². The number of alkyl halides is 1. The van der Waals surface area contributed by atoms with Gasteiger partial charge in [-0.2, -0.15) is 5.26 Å². The highest BCUT2D eigenvalue weighted by Gasteiger charge is 2.13. The maximum atomic E-state index is 12.3. The quantitative estimate of drug-likeness (QED) is 0.457. The van der Waals surface area contributed by atoms with Gasteiger partial charge in [0.2, 0.25) is 0 Å². The van der Waals surface area contributed by atoms with Gasteiger partial charge in [0.25, 0.3) is 0 Å². The molecule has 0 aliphatic heterocycles. The Bertz CT molecular complexity index is 118. The van der Waals surface area contributed by atoms with Crippen molar-refractivity contribution in [3.05, 3.63) is 0 Å². The molecule has 0 aromatic carbocycles. The third-order valence-electron chi connectivity index (χ3n) is 1.43. The zero-order valence-electron chi connectivity index (χ0n) is 7.93. The SMILES string of the molecule is CC.CC(F)C(C)N(C)C#N. The van der Waals surface area contributed by atoms with Gasteiger partial charge in [0.15, 0.2) is 6.19 Å². The van der Waals surface area contributed by atoms with Crippen molar-refractivity contribution in [1.82, 2.24) is 4.90 Å². The summed E-state index contributed by atoms with van der Waals surface area (Å²) in [6.07, 6.45) is 0.890. The summed E-state index contributed by atoms with van der Waals surface area (Å²) in [5.41, 5.74) is 0. The van der Waals surface area contributed by atoms with Gasteiger partial charge >= 0.3 is 0 Å². The van der Waals surface area contributed by atoms with Crippen LogP contribution in [0.3, 0.4) is 0 Å². The van der Waals surface area contributed by atoms with Gasteiger partial charge in [0.05, 0.1) is 6.04 Å². The lowest BCUT2D eigenvalue weighted by molar-refractivity contribution is 0.211. The first kappa shape index (κ1) is 12.9. The normalized spacial score (nSPS) is 13.5. The Hall–Kier alpha value is -0.780. The molecule has 0 fully saturated rings. The molecule has 0 spiro atoms. The molecule has 0 aromatic heterocycles. The van der Waals surface area contributed by atoms with Crippen LogP contribution >= 0.6 is 0 Å². The van der Waals surface area contributed by atoms with E-state index in [-0.39, 0.29) is 6.04 Å². The molecule has 3 heteroatoms. The predicted octanol–water partition coefficient (Wildman–Crippen LogP) is 2.17. The van der Waals surface area contributed by atoms with Crippen LogP contribution in [0.1, 0.15) is 27.7 Å². The summed E-state index contributed by atoms with van der Waals surface area (Å²) in [5.74, 6) is 0. The van der Waals surface area contributed by atoms with Crippen molar-refractivity contribution in [3.63, 3.8) is 0 Å². The molecule has 2 atom stereocenters. The zero-order valence-corrected chi connectivity index (χ0v) is 7.93. The van der Waals surface area contributed by atoms with Gasteiger partial charge in [0.1, 0.15) is 6.17 Å². The van der Waals surface area contributed by atoms with Crippen LogP contribution in [0, 0.1) is 11.5 Å². The lowest BCUT2D eigenvalue weighted by atomic mass is 10.2. The molecule has 2 unspecified atom stereocenters. The van der Waals surface area contributed by atoms with Crippen LogP contribution in [0.25, 0.3) is 0 Å². The number of hydrogen-bond acceptors (Lipinski definition) is 2. The average molecular weight is 160 g/mol. The minimum Gasteiger partial charge on any atom is -0.308 e. The lowest BCUT2D eigenvalue weighted by Crippen LogP contribution is -2.31. The fourth-order valence-electron chi connectivity index (χ4n) is 0.399. The van der Waals surface area contributed by atoms with Crippen molar-refractivity contribution in [1.29, 1.82) is 5.26 Å². The second-order valence-corrected chi connectivity index (χ2v) is 2.13. The lowest BCUT2D eigenvalue weighted by Gasteiger charge is -2.18. The van der Waals surface area contributed by atoms with Crippen molar-refractivity contribution in [3.8, 4) is 6.19 Å². The third-order valence-corrected chi connectivity index (χ3v) is 1.43. The largest absolute Gasteiger partial charge is 0.308 e. The van der Waals surface area contributed by atoms with Crippen LogP contribution < -0.4 is 0 Å². The predicted molar refractivity (Wildman–Crippen MR) is 44.8 cm³/mol. The van der Waals surface area contributed by atoms with Crippen LogP contribution in [0.4, 0.5) is 4.39 Å². The van der Waals surface area contributed by atoms with E-state index in [9.17, 15) is 4.39 Å². The van der Waals surface area contributed by atoms with Crippen LogP contribution in [0.2, 0.25) is 0 Å². The molecule has 0 bridgehead atoms. The summed E-state index contributed by atoms with van der Waals surface area (Å²) >= 11 is 0. The Morgan fingerprint density at radius 1 is 1.36 bits per heavy atom. The van der Waals surface area contributed by atoms with Gasteiger partial charge < -0.3 is 4.90 Å². The van der Waals surface area contributed by atoms with Crippen LogP contribution in [-0.2, 0) is 0 Å². The van der Waals surface area contributed by atoms with Crippen molar-refractivity contribution in [2.45, 2.75) is 39.9 Å². The van der Waals surface area contributed by atoms with Crippen LogP contribution in [0.15, 0.2) is 0 Å². The van der Waals surface area contributed by atoms with E-state index in [1.807, 2.05) is 20.0 Å². The molecule has 0 N–H and O–H groups in total. The maximum absolute atomic E-state index is 12.3. The molecular formula is C8H17FN2.